The molecule has 0 aromatic heterocycles. The van der Waals surface area contributed by atoms with Crippen LogP contribution in [0.2, 0.25) is 0 Å². The molecular weight excluding hydrogens is 526 g/mol. The van der Waals surface area contributed by atoms with Crippen molar-refractivity contribution in [3.8, 4) is 5.75 Å². The van der Waals surface area contributed by atoms with E-state index in [1.54, 1.807) is 20.2 Å². The first-order chi connectivity index (χ1) is 14.9. The van der Waals surface area contributed by atoms with E-state index in [-0.39, 0.29) is 54.4 Å². The maximum absolute atomic E-state index is 14.5. The van der Waals surface area contributed by atoms with Gasteiger partial charge in [-0.15, -0.1) is 24.0 Å². The first-order valence-corrected chi connectivity index (χ1v) is 11.2. The second-order valence-electron chi connectivity index (χ2n) is 8.63. The molecule has 9 heteroatoms. The molecule has 2 fully saturated rings. The molecule has 7 nitrogen and oxygen atoms in total. The van der Waals surface area contributed by atoms with Crippen LogP contribution in [0.4, 0.5) is 4.39 Å². The highest BCUT2D eigenvalue weighted by Crippen LogP contribution is 2.30. The highest BCUT2D eigenvalue weighted by atomic mass is 127. The summed E-state index contributed by atoms with van der Waals surface area (Å²) in [6, 6.07) is 4.82. The average molecular weight is 562 g/mol. The van der Waals surface area contributed by atoms with E-state index in [0.29, 0.717) is 30.8 Å². The number of hydrogen-bond acceptors (Lipinski definition) is 4. The van der Waals surface area contributed by atoms with Gasteiger partial charge in [0, 0.05) is 27.2 Å². The molecule has 1 heterocycles. The summed E-state index contributed by atoms with van der Waals surface area (Å²) in [7, 11) is 3.40. The van der Waals surface area contributed by atoms with Gasteiger partial charge in [-0.25, -0.2) is 9.38 Å². The van der Waals surface area contributed by atoms with E-state index in [0.717, 1.165) is 44.3 Å². The number of amides is 1. The first-order valence-electron chi connectivity index (χ1n) is 11.2. The molecule has 1 aromatic rings. The lowest BCUT2D eigenvalue weighted by atomic mass is 10.1. The molecule has 3 rings (SSSR count). The fourth-order valence-electron chi connectivity index (χ4n) is 3.30. The van der Waals surface area contributed by atoms with Crippen molar-refractivity contribution in [2.75, 3.05) is 40.4 Å². The zero-order valence-corrected chi connectivity index (χ0v) is 21.6. The predicted octanol–water partition coefficient (Wildman–Crippen LogP) is 3.49. The van der Waals surface area contributed by atoms with Gasteiger partial charge >= 0.3 is 0 Å². The molecule has 0 bridgehead atoms. The highest BCUT2D eigenvalue weighted by Gasteiger charge is 2.23. The second kappa shape index (κ2) is 13.2. The summed E-state index contributed by atoms with van der Waals surface area (Å²) in [4.78, 5) is 17.9. The number of aliphatic imine (C=N–C) groups is 1. The van der Waals surface area contributed by atoms with Gasteiger partial charge in [0.25, 0.3) is 0 Å². The van der Waals surface area contributed by atoms with Crippen molar-refractivity contribution < 1.29 is 18.7 Å². The molecule has 1 aromatic carbocycles. The number of likely N-dealkylation sites (N-methyl/N-ethyl adjacent to an activating group) is 1. The lowest BCUT2D eigenvalue weighted by molar-refractivity contribution is -0.127. The number of nitrogens with zero attached hydrogens (tertiary/aromatic N) is 2. The Hall–Kier alpha value is -1.62. The van der Waals surface area contributed by atoms with Gasteiger partial charge in [-0.2, -0.15) is 0 Å². The number of ether oxygens (including phenoxy) is 2. The van der Waals surface area contributed by atoms with Crippen LogP contribution in [0, 0.1) is 11.7 Å². The molecule has 2 aliphatic rings. The van der Waals surface area contributed by atoms with Gasteiger partial charge < -0.3 is 25.0 Å². The van der Waals surface area contributed by atoms with Gasteiger partial charge in [-0.1, -0.05) is 6.07 Å². The largest absolute Gasteiger partial charge is 0.490 e. The minimum absolute atomic E-state index is 0. The van der Waals surface area contributed by atoms with Gasteiger partial charge in [0.05, 0.1) is 18.8 Å². The molecule has 32 heavy (non-hydrogen) atoms. The topological polar surface area (TPSA) is 75.2 Å². The maximum Gasteiger partial charge on any atom is 0.243 e. The third kappa shape index (κ3) is 8.73. The summed E-state index contributed by atoms with van der Waals surface area (Å²) in [5.74, 6) is 0.914. The van der Waals surface area contributed by atoms with Gasteiger partial charge in [0.2, 0.25) is 5.91 Å². The monoisotopic (exact) mass is 562 g/mol. The van der Waals surface area contributed by atoms with Gasteiger partial charge in [-0.3, -0.25) is 4.79 Å². The molecule has 2 unspecified atom stereocenters. The molecule has 1 aliphatic carbocycles. The molecule has 180 valence electrons. The molecule has 2 atom stereocenters. The Balaban J connectivity index is 0.00000363. The van der Waals surface area contributed by atoms with Crippen LogP contribution < -0.4 is 15.4 Å². The van der Waals surface area contributed by atoms with Crippen molar-refractivity contribution in [3.63, 3.8) is 0 Å². The van der Waals surface area contributed by atoms with Crippen LogP contribution in [0.5, 0.6) is 5.75 Å². The van der Waals surface area contributed by atoms with Crippen LogP contribution in [0.15, 0.2) is 23.2 Å². The first kappa shape index (κ1) is 26.6. The Kier molecular flexibility index (Phi) is 11.0. The lowest BCUT2D eigenvalue weighted by Crippen LogP contribution is -2.44. The van der Waals surface area contributed by atoms with Crippen molar-refractivity contribution in [1.29, 1.82) is 0 Å². The summed E-state index contributed by atoms with van der Waals surface area (Å²) in [6.45, 7) is 3.92. The average Bonchev–Trinajstić information content (AvgIpc) is 3.59. The molecule has 1 amide bonds. The molecule has 0 spiro atoms. The third-order valence-corrected chi connectivity index (χ3v) is 5.62. The molecule has 1 saturated heterocycles. The number of carbonyl (C=O) groups is 1. The second-order valence-corrected chi connectivity index (χ2v) is 8.63. The Labute approximate surface area is 207 Å². The molecular formula is C23H36FIN4O3. The van der Waals surface area contributed by atoms with Crippen LogP contribution in [0.1, 0.15) is 50.6 Å². The Morgan fingerprint density at radius 1 is 1.31 bits per heavy atom. The SMILES string of the molecule is CC(NC(=NCC(=O)N(C)C)NCC1CCCCO1)c1ccc(OCC2CC2)c(F)c1.I. The fourth-order valence-corrected chi connectivity index (χ4v) is 3.30. The van der Waals surface area contributed by atoms with E-state index in [1.807, 2.05) is 13.0 Å². The summed E-state index contributed by atoms with van der Waals surface area (Å²) in [6.07, 6.45) is 5.70. The molecule has 2 N–H and O–H groups in total. The van der Waals surface area contributed by atoms with E-state index in [1.165, 1.54) is 11.0 Å². The summed E-state index contributed by atoms with van der Waals surface area (Å²) in [5, 5.41) is 6.55. The van der Waals surface area contributed by atoms with E-state index < -0.39 is 0 Å². The van der Waals surface area contributed by atoms with Crippen LogP contribution in [0.25, 0.3) is 0 Å². The van der Waals surface area contributed by atoms with E-state index >= 15 is 0 Å². The van der Waals surface area contributed by atoms with Crippen molar-refractivity contribution >= 4 is 35.8 Å². The number of nitrogens with one attached hydrogen (secondary N) is 2. The quantitative estimate of drug-likeness (QED) is 0.274. The lowest BCUT2D eigenvalue weighted by Gasteiger charge is -2.25. The van der Waals surface area contributed by atoms with Crippen molar-refractivity contribution in [2.24, 2.45) is 10.9 Å². The van der Waals surface area contributed by atoms with Crippen LogP contribution >= 0.6 is 24.0 Å². The van der Waals surface area contributed by atoms with Crippen molar-refractivity contribution in [2.45, 2.75) is 51.2 Å². The van der Waals surface area contributed by atoms with E-state index in [9.17, 15) is 9.18 Å². The van der Waals surface area contributed by atoms with Crippen LogP contribution in [0.3, 0.4) is 0 Å². The number of guanidine groups is 1. The maximum atomic E-state index is 14.5. The minimum atomic E-state index is -0.364. The highest BCUT2D eigenvalue weighted by molar-refractivity contribution is 14.0. The zero-order valence-electron chi connectivity index (χ0n) is 19.2. The molecule has 1 aliphatic heterocycles. The van der Waals surface area contributed by atoms with Gasteiger partial charge in [0.15, 0.2) is 17.5 Å². The van der Waals surface area contributed by atoms with Crippen molar-refractivity contribution in [3.05, 3.63) is 29.6 Å². The predicted molar refractivity (Wildman–Crippen MR) is 134 cm³/mol. The summed E-state index contributed by atoms with van der Waals surface area (Å²) < 4.78 is 25.8. The number of rotatable bonds is 9. The third-order valence-electron chi connectivity index (χ3n) is 5.62. The fraction of sp³-hybridized carbons (Fsp3) is 0.652. The van der Waals surface area contributed by atoms with Crippen LogP contribution in [-0.2, 0) is 9.53 Å². The summed E-state index contributed by atoms with van der Waals surface area (Å²) in [5.41, 5.74) is 0.777. The number of benzene rings is 1. The normalized spacial score (nSPS) is 19.5. The smallest absolute Gasteiger partial charge is 0.243 e. The molecule has 1 saturated carbocycles. The van der Waals surface area contributed by atoms with E-state index in [4.69, 9.17) is 9.47 Å². The van der Waals surface area contributed by atoms with Gasteiger partial charge in [0.1, 0.15) is 6.54 Å². The van der Waals surface area contributed by atoms with Gasteiger partial charge in [-0.05, 0) is 62.6 Å². The minimum Gasteiger partial charge on any atom is -0.490 e. The summed E-state index contributed by atoms with van der Waals surface area (Å²) >= 11 is 0. The van der Waals surface area contributed by atoms with Crippen LogP contribution in [-0.4, -0.2) is 63.3 Å². The standard InChI is InChI=1S/C23H35FN4O3.HI/c1-16(18-9-10-21(20(24)12-18)31-15-17-7-8-17)27-23(26-14-22(29)28(2)3)25-13-19-6-4-5-11-30-19;/h9-10,12,16-17,19H,4-8,11,13-15H2,1-3H3,(H2,25,26,27);1H. The van der Waals surface area contributed by atoms with Crippen molar-refractivity contribution in [1.82, 2.24) is 15.5 Å². The Morgan fingerprint density at radius 3 is 2.72 bits per heavy atom. The number of halogens is 2. The Bertz CT molecular complexity index is 768. The Morgan fingerprint density at radius 2 is 2.09 bits per heavy atom. The number of carbonyl (C=O) groups excluding carboxylic acids is 1. The zero-order chi connectivity index (χ0) is 22.2. The van der Waals surface area contributed by atoms with E-state index in [2.05, 4.69) is 15.6 Å². The molecule has 0 radical (unpaired) electrons. The number of hydrogen-bond donors (Lipinski definition) is 2.